The summed E-state index contributed by atoms with van der Waals surface area (Å²) in [5.41, 5.74) is 0. The van der Waals surface area contributed by atoms with E-state index in [9.17, 15) is 0 Å². The Labute approximate surface area is 134 Å². The molecule has 8 heteroatoms. The minimum atomic E-state index is 0.171. The third-order valence-electron chi connectivity index (χ3n) is 4.65. The summed E-state index contributed by atoms with van der Waals surface area (Å²) < 4.78 is 10.5. The van der Waals surface area contributed by atoms with E-state index in [0.29, 0.717) is 11.8 Å². The summed E-state index contributed by atoms with van der Waals surface area (Å²) in [7, 11) is 0. The highest BCUT2D eigenvalue weighted by Gasteiger charge is 2.31. The SMILES string of the molecule is Cc1nc(CN2CCN(C(C)c3nc(C4CC4)no3)CC2)no1. The van der Waals surface area contributed by atoms with Crippen LogP contribution in [0.4, 0.5) is 0 Å². The topological polar surface area (TPSA) is 84.3 Å². The van der Waals surface area contributed by atoms with Crippen molar-refractivity contribution in [1.29, 1.82) is 0 Å². The number of hydrogen-bond acceptors (Lipinski definition) is 8. The van der Waals surface area contributed by atoms with E-state index in [2.05, 4.69) is 37.0 Å². The van der Waals surface area contributed by atoms with Gasteiger partial charge in [-0.15, -0.1) is 0 Å². The largest absolute Gasteiger partial charge is 0.340 e. The zero-order valence-electron chi connectivity index (χ0n) is 13.6. The van der Waals surface area contributed by atoms with Gasteiger partial charge in [-0.25, -0.2) is 0 Å². The number of piperazine rings is 1. The summed E-state index contributed by atoms with van der Waals surface area (Å²) in [6.45, 7) is 8.59. The Balaban J connectivity index is 1.31. The molecule has 8 nitrogen and oxygen atoms in total. The summed E-state index contributed by atoms with van der Waals surface area (Å²) in [5.74, 6) is 3.55. The molecule has 2 aromatic rings. The highest BCUT2D eigenvalue weighted by molar-refractivity contribution is 5.05. The second kappa shape index (κ2) is 6.01. The zero-order valence-corrected chi connectivity index (χ0v) is 13.6. The molecule has 1 aliphatic carbocycles. The molecule has 3 heterocycles. The van der Waals surface area contributed by atoms with Gasteiger partial charge in [-0.2, -0.15) is 9.97 Å². The molecule has 2 aliphatic rings. The third kappa shape index (κ3) is 3.28. The van der Waals surface area contributed by atoms with E-state index >= 15 is 0 Å². The summed E-state index contributed by atoms with van der Waals surface area (Å²) in [6, 6.07) is 0.171. The average Bonchev–Trinajstić information content (AvgIpc) is 3.15. The molecule has 1 saturated heterocycles. The normalized spacial score (nSPS) is 21.7. The Morgan fingerprint density at radius 1 is 1.09 bits per heavy atom. The average molecular weight is 318 g/mol. The van der Waals surface area contributed by atoms with E-state index in [-0.39, 0.29) is 6.04 Å². The van der Waals surface area contributed by atoms with Crippen molar-refractivity contribution in [2.75, 3.05) is 26.2 Å². The third-order valence-corrected chi connectivity index (χ3v) is 4.65. The Morgan fingerprint density at radius 3 is 2.52 bits per heavy atom. The van der Waals surface area contributed by atoms with Crippen LogP contribution in [0.3, 0.4) is 0 Å². The first kappa shape index (κ1) is 14.8. The summed E-state index contributed by atoms with van der Waals surface area (Å²) in [6.07, 6.45) is 2.39. The van der Waals surface area contributed by atoms with Crippen LogP contribution in [0, 0.1) is 6.92 Å². The molecule has 1 unspecified atom stereocenters. The van der Waals surface area contributed by atoms with Crippen LogP contribution in [0.1, 0.15) is 55.2 Å². The maximum absolute atomic E-state index is 5.46. The molecule has 1 aliphatic heterocycles. The fourth-order valence-corrected chi connectivity index (χ4v) is 2.99. The molecule has 0 amide bonds. The number of rotatable bonds is 5. The molecule has 23 heavy (non-hydrogen) atoms. The molecule has 1 saturated carbocycles. The van der Waals surface area contributed by atoms with Crippen molar-refractivity contribution in [3.8, 4) is 0 Å². The number of aromatic nitrogens is 4. The highest BCUT2D eigenvalue weighted by atomic mass is 16.5. The second-order valence-corrected chi connectivity index (χ2v) is 6.48. The molecular formula is C15H22N6O2. The number of nitrogens with zero attached hydrogens (tertiary/aromatic N) is 6. The van der Waals surface area contributed by atoms with Crippen LogP contribution in [-0.2, 0) is 6.54 Å². The van der Waals surface area contributed by atoms with Crippen LogP contribution in [-0.4, -0.2) is 56.3 Å². The summed E-state index contributed by atoms with van der Waals surface area (Å²) in [4.78, 5) is 13.6. The van der Waals surface area contributed by atoms with Gasteiger partial charge in [0.25, 0.3) is 0 Å². The molecule has 0 bridgehead atoms. The molecule has 1 atom stereocenters. The fraction of sp³-hybridized carbons (Fsp3) is 0.733. The predicted octanol–water partition coefficient (Wildman–Crippen LogP) is 1.52. The lowest BCUT2D eigenvalue weighted by molar-refractivity contribution is 0.0827. The minimum absolute atomic E-state index is 0.171. The standard InChI is InChI=1S/C15H22N6O2/c1-10(15-17-14(19-23-15)12-3-4-12)21-7-5-20(6-8-21)9-13-16-11(2)22-18-13/h10,12H,3-9H2,1-2H3. The van der Waals surface area contributed by atoms with Gasteiger partial charge in [-0.3, -0.25) is 9.80 Å². The van der Waals surface area contributed by atoms with Gasteiger partial charge in [0, 0.05) is 39.0 Å². The zero-order chi connectivity index (χ0) is 15.8. The van der Waals surface area contributed by atoms with Crippen molar-refractivity contribution >= 4 is 0 Å². The van der Waals surface area contributed by atoms with Crippen molar-refractivity contribution in [3.63, 3.8) is 0 Å². The quantitative estimate of drug-likeness (QED) is 0.820. The minimum Gasteiger partial charge on any atom is -0.340 e. The van der Waals surface area contributed by atoms with E-state index in [1.54, 1.807) is 0 Å². The lowest BCUT2D eigenvalue weighted by Crippen LogP contribution is -2.46. The second-order valence-electron chi connectivity index (χ2n) is 6.48. The first-order valence-corrected chi connectivity index (χ1v) is 8.28. The van der Waals surface area contributed by atoms with E-state index in [4.69, 9.17) is 9.05 Å². The highest BCUT2D eigenvalue weighted by Crippen LogP contribution is 2.38. The molecule has 4 rings (SSSR count). The lowest BCUT2D eigenvalue weighted by Gasteiger charge is -2.36. The van der Waals surface area contributed by atoms with Crippen LogP contribution < -0.4 is 0 Å². The molecule has 2 aromatic heterocycles. The number of hydrogen-bond donors (Lipinski definition) is 0. The first-order chi connectivity index (χ1) is 11.2. The van der Waals surface area contributed by atoms with Gasteiger partial charge in [0.05, 0.1) is 12.6 Å². The Hall–Kier alpha value is -1.80. The maximum atomic E-state index is 5.46. The fourth-order valence-electron chi connectivity index (χ4n) is 2.99. The van der Waals surface area contributed by atoms with Gasteiger partial charge in [0.1, 0.15) is 0 Å². The Bertz CT molecular complexity index is 656. The monoisotopic (exact) mass is 318 g/mol. The van der Waals surface area contributed by atoms with Gasteiger partial charge in [0.2, 0.25) is 11.8 Å². The lowest BCUT2D eigenvalue weighted by atomic mass is 10.2. The van der Waals surface area contributed by atoms with Crippen molar-refractivity contribution in [1.82, 2.24) is 30.1 Å². The van der Waals surface area contributed by atoms with Crippen LogP contribution in [0.2, 0.25) is 0 Å². The van der Waals surface area contributed by atoms with Crippen LogP contribution >= 0.6 is 0 Å². The van der Waals surface area contributed by atoms with Gasteiger partial charge in [0.15, 0.2) is 11.6 Å². The van der Waals surface area contributed by atoms with Crippen molar-refractivity contribution in [3.05, 3.63) is 23.4 Å². The molecular weight excluding hydrogens is 296 g/mol. The molecule has 124 valence electrons. The van der Waals surface area contributed by atoms with E-state index in [0.717, 1.165) is 50.3 Å². The van der Waals surface area contributed by atoms with Gasteiger partial charge in [-0.1, -0.05) is 10.3 Å². The first-order valence-electron chi connectivity index (χ1n) is 8.28. The number of aryl methyl sites for hydroxylation is 1. The van der Waals surface area contributed by atoms with Crippen molar-refractivity contribution in [2.24, 2.45) is 0 Å². The molecule has 0 aromatic carbocycles. The van der Waals surface area contributed by atoms with Crippen LogP contribution in [0.25, 0.3) is 0 Å². The van der Waals surface area contributed by atoms with Gasteiger partial charge >= 0.3 is 0 Å². The van der Waals surface area contributed by atoms with Crippen molar-refractivity contribution in [2.45, 2.75) is 45.2 Å². The van der Waals surface area contributed by atoms with Crippen LogP contribution in [0.5, 0.6) is 0 Å². The smallest absolute Gasteiger partial charge is 0.243 e. The van der Waals surface area contributed by atoms with E-state index < -0.39 is 0 Å². The van der Waals surface area contributed by atoms with Gasteiger partial charge in [-0.05, 0) is 19.8 Å². The van der Waals surface area contributed by atoms with E-state index in [1.165, 1.54) is 12.8 Å². The van der Waals surface area contributed by atoms with E-state index in [1.807, 2.05) is 6.92 Å². The maximum Gasteiger partial charge on any atom is 0.243 e. The molecule has 0 N–H and O–H groups in total. The summed E-state index contributed by atoms with van der Waals surface area (Å²) in [5, 5.41) is 8.08. The molecule has 0 radical (unpaired) electrons. The Morgan fingerprint density at radius 2 is 1.87 bits per heavy atom. The van der Waals surface area contributed by atoms with Gasteiger partial charge < -0.3 is 9.05 Å². The Kier molecular flexibility index (Phi) is 3.86. The molecule has 2 fully saturated rings. The van der Waals surface area contributed by atoms with Crippen LogP contribution in [0.15, 0.2) is 9.05 Å². The summed E-state index contributed by atoms with van der Waals surface area (Å²) >= 11 is 0. The molecule has 0 spiro atoms. The van der Waals surface area contributed by atoms with Crippen molar-refractivity contribution < 1.29 is 9.05 Å². The predicted molar refractivity (Wildman–Crippen MR) is 80.6 cm³/mol.